The summed E-state index contributed by atoms with van der Waals surface area (Å²) in [6, 6.07) is 0.865. The van der Waals surface area contributed by atoms with Gasteiger partial charge in [0, 0.05) is 6.04 Å². The van der Waals surface area contributed by atoms with Crippen LogP contribution in [0.1, 0.15) is 64.7 Å². The van der Waals surface area contributed by atoms with E-state index in [-0.39, 0.29) is 0 Å². The summed E-state index contributed by atoms with van der Waals surface area (Å²) in [4.78, 5) is 2.78. The summed E-state index contributed by atoms with van der Waals surface area (Å²) < 4.78 is 0. The SMILES string of the molecule is CC(CC12CC3CC(CC(C3)C1)C2)N1CCCC1. The Balaban J connectivity index is 1.46. The van der Waals surface area contributed by atoms with Gasteiger partial charge in [-0.05, 0) is 101 Å². The van der Waals surface area contributed by atoms with E-state index in [9.17, 15) is 0 Å². The summed E-state index contributed by atoms with van der Waals surface area (Å²) in [7, 11) is 0. The number of nitrogens with zero attached hydrogens (tertiary/aromatic N) is 1. The second kappa shape index (κ2) is 4.23. The Bertz CT molecular complexity index is 280. The lowest BCUT2D eigenvalue weighted by molar-refractivity contribution is -0.0672. The van der Waals surface area contributed by atoms with E-state index in [0.29, 0.717) is 0 Å². The van der Waals surface area contributed by atoms with Crippen molar-refractivity contribution >= 4 is 0 Å². The molecule has 0 aromatic heterocycles. The summed E-state index contributed by atoms with van der Waals surface area (Å²) in [5.41, 5.74) is 0.788. The molecule has 1 aliphatic heterocycles. The topological polar surface area (TPSA) is 3.24 Å². The Kier molecular flexibility index (Phi) is 2.76. The highest BCUT2D eigenvalue weighted by atomic mass is 15.2. The van der Waals surface area contributed by atoms with Crippen molar-refractivity contribution in [3.63, 3.8) is 0 Å². The summed E-state index contributed by atoms with van der Waals surface area (Å²) in [6.07, 6.45) is 14.0. The molecule has 18 heavy (non-hydrogen) atoms. The minimum Gasteiger partial charge on any atom is -0.301 e. The second-order valence-corrected chi connectivity index (χ2v) is 8.21. The molecular formula is C17H29N. The van der Waals surface area contributed by atoms with Crippen LogP contribution >= 0.6 is 0 Å². The summed E-state index contributed by atoms with van der Waals surface area (Å²) >= 11 is 0. The number of rotatable bonds is 3. The molecule has 0 radical (unpaired) electrons. The van der Waals surface area contributed by atoms with Gasteiger partial charge in [0.05, 0.1) is 0 Å². The van der Waals surface area contributed by atoms with Crippen LogP contribution in [0.25, 0.3) is 0 Å². The Morgan fingerprint density at radius 2 is 1.44 bits per heavy atom. The van der Waals surface area contributed by atoms with E-state index in [2.05, 4.69) is 11.8 Å². The summed E-state index contributed by atoms with van der Waals surface area (Å²) in [5, 5.41) is 0. The van der Waals surface area contributed by atoms with Crippen molar-refractivity contribution in [1.82, 2.24) is 4.90 Å². The fraction of sp³-hybridized carbons (Fsp3) is 1.00. The van der Waals surface area contributed by atoms with Crippen molar-refractivity contribution in [3.05, 3.63) is 0 Å². The Labute approximate surface area is 112 Å². The first-order valence-corrected chi connectivity index (χ1v) is 8.46. The maximum absolute atomic E-state index is 2.78. The van der Waals surface area contributed by atoms with Crippen LogP contribution in [0.5, 0.6) is 0 Å². The molecule has 5 rings (SSSR count). The molecule has 0 N–H and O–H groups in total. The second-order valence-electron chi connectivity index (χ2n) is 8.21. The molecule has 4 bridgehead atoms. The van der Waals surface area contributed by atoms with Gasteiger partial charge < -0.3 is 4.90 Å². The zero-order valence-electron chi connectivity index (χ0n) is 12.0. The Morgan fingerprint density at radius 3 is 1.94 bits per heavy atom. The van der Waals surface area contributed by atoms with E-state index in [0.717, 1.165) is 29.2 Å². The van der Waals surface area contributed by atoms with Crippen LogP contribution in [0.4, 0.5) is 0 Å². The average molecular weight is 247 g/mol. The molecule has 0 amide bonds. The Morgan fingerprint density at radius 1 is 0.944 bits per heavy atom. The van der Waals surface area contributed by atoms with E-state index >= 15 is 0 Å². The number of likely N-dealkylation sites (tertiary alicyclic amines) is 1. The number of hydrogen-bond donors (Lipinski definition) is 0. The molecule has 102 valence electrons. The van der Waals surface area contributed by atoms with Crippen LogP contribution in [0, 0.1) is 23.2 Å². The lowest BCUT2D eigenvalue weighted by Gasteiger charge is -2.58. The summed E-state index contributed by atoms with van der Waals surface area (Å²) in [6.45, 7) is 5.28. The third kappa shape index (κ3) is 1.94. The standard InChI is InChI=1S/C17H29N/c1-13(18-4-2-3-5-18)9-17-10-14-6-15(11-17)8-16(7-14)12-17/h13-16H,2-12H2,1H3. The van der Waals surface area contributed by atoms with Gasteiger partial charge in [-0.3, -0.25) is 0 Å². The maximum atomic E-state index is 2.78. The van der Waals surface area contributed by atoms with Gasteiger partial charge in [0.1, 0.15) is 0 Å². The third-order valence-corrected chi connectivity index (χ3v) is 6.66. The zero-order chi connectivity index (χ0) is 12.2. The molecule has 4 saturated carbocycles. The molecule has 1 unspecified atom stereocenters. The lowest BCUT2D eigenvalue weighted by Crippen LogP contribution is -2.48. The highest BCUT2D eigenvalue weighted by molar-refractivity contribution is 5.02. The van der Waals surface area contributed by atoms with Crippen LogP contribution in [0.2, 0.25) is 0 Å². The number of hydrogen-bond acceptors (Lipinski definition) is 1. The molecule has 0 spiro atoms. The molecule has 0 aromatic carbocycles. The van der Waals surface area contributed by atoms with Crippen LogP contribution in [0.15, 0.2) is 0 Å². The first-order chi connectivity index (χ1) is 8.72. The minimum absolute atomic E-state index is 0.788. The zero-order valence-corrected chi connectivity index (χ0v) is 12.0. The van der Waals surface area contributed by atoms with E-state index in [1.54, 1.807) is 38.5 Å². The lowest BCUT2D eigenvalue weighted by atomic mass is 9.48. The average Bonchev–Trinajstić information content (AvgIpc) is 2.79. The molecule has 1 atom stereocenters. The molecule has 1 saturated heterocycles. The van der Waals surface area contributed by atoms with Gasteiger partial charge in [-0.2, -0.15) is 0 Å². The fourth-order valence-corrected chi connectivity index (χ4v) is 6.48. The molecule has 5 aliphatic rings. The van der Waals surface area contributed by atoms with Gasteiger partial charge >= 0.3 is 0 Å². The van der Waals surface area contributed by atoms with Gasteiger partial charge in [0.2, 0.25) is 0 Å². The molecule has 1 heterocycles. The molecule has 4 aliphatic carbocycles. The van der Waals surface area contributed by atoms with Crippen molar-refractivity contribution in [2.75, 3.05) is 13.1 Å². The van der Waals surface area contributed by atoms with Gasteiger partial charge in [0.15, 0.2) is 0 Å². The molecule has 5 fully saturated rings. The van der Waals surface area contributed by atoms with E-state index in [1.807, 2.05) is 0 Å². The first kappa shape index (κ1) is 11.8. The van der Waals surface area contributed by atoms with E-state index in [4.69, 9.17) is 0 Å². The van der Waals surface area contributed by atoms with E-state index in [1.165, 1.54) is 32.4 Å². The monoisotopic (exact) mass is 247 g/mol. The van der Waals surface area contributed by atoms with Gasteiger partial charge in [-0.25, -0.2) is 0 Å². The highest BCUT2D eigenvalue weighted by Crippen LogP contribution is 2.61. The maximum Gasteiger partial charge on any atom is 0.00722 e. The van der Waals surface area contributed by atoms with Crippen molar-refractivity contribution in [2.24, 2.45) is 23.2 Å². The normalized spacial score (nSPS) is 48.8. The first-order valence-electron chi connectivity index (χ1n) is 8.46. The minimum atomic E-state index is 0.788. The summed E-state index contributed by atoms with van der Waals surface area (Å²) in [5.74, 6) is 3.38. The van der Waals surface area contributed by atoms with Crippen LogP contribution in [0.3, 0.4) is 0 Å². The van der Waals surface area contributed by atoms with Gasteiger partial charge in [0.25, 0.3) is 0 Å². The fourth-order valence-electron chi connectivity index (χ4n) is 6.48. The molecule has 1 nitrogen and oxygen atoms in total. The van der Waals surface area contributed by atoms with Crippen LogP contribution in [-0.2, 0) is 0 Å². The predicted octanol–water partition coefficient (Wildman–Crippen LogP) is 4.08. The predicted molar refractivity (Wildman–Crippen MR) is 75.5 cm³/mol. The largest absolute Gasteiger partial charge is 0.301 e. The quantitative estimate of drug-likeness (QED) is 0.726. The van der Waals surface area contributed by atoms with Gasteiger partial charge in [-0.1, -0.05) is 0 Å². The molecule has 1 heteroatoms. The van der Waals surface area contributed by atoms with Crippen molar-refractivity contribution in [1.29, 1.82) is 0 Å². The Hall–Kier alpha value is -0.0400. The highest BCUT2D eigenvalue weighted by Gasteiger charge is 2.51. The smallest absolute Gasteiger partial charge is 0.00722 e. The molecular weight excluding hydrogens is 218 g/mol. The van der Waals surface area contributed by atoms with Crippen LogP contribution in [-0.4, -0.2) is 24.0 Å². The van der Waals surface area contributed by atoms with Crippen molar-refractivity contribution in [3.8, 4) is 0 Å². The van der Waals surface area contributed by atoms with Crippen molar-refractivity contribution in [2.45, 2.75) is 70.8 Å². The third-order valence-electron chi connectivity index (χ3n) is 6.66. The molecule has 0 aromatic rings. The van der Waals surface area contributed by atoms with E-state index < -0.39 is 0 Å². The van der Waals surface area contributed by atoms with Crippen molar-refractivity contribution < 1.29 is 0 Å². The van der Waals surface area contributed by atoms with Crippen LogP contribution < -0.4 is 0 Å². The van der Waals surface area contributed by atoms with Gasteiger partial charge in [-0.15, -0.1) is 0 Å².